The van der Waals surface area contributed by atoms with Gasteiger partial charge in [-0.2, -0.15) is 13.2 Å². The Balaban J connectivity index is 1.79. The molecule has 0 saturated carbocycles. The minimum absolute atomic E-state index is 0.0122. The molecule has 2 heterocycles. The molecular formula is C18H18ClF3N4O. The number of rotatable bonds is 3. The van der Waals surface area contributed by atoms with E-state index in [0.717, 1.165) is 57.0 Å². The number of alkyl halides is 3. The van der Waals surface area contributed by atoms with Gasteiger partial charge >= 0.3 is 6.18 Å². The van der Waals surface area contributed by atoms with Crippen molar-refractivity contribution < 1.29 is 18.0 Å². The Morgan fingerprint density at radius 2 is 1.78 bits per heavy atom. The van der Waals surface area contributed by atoms with Crippen LogP contribution >= 0.6 is 11.6 Å². The maximum atomic E-state index is 12.9. The van der Waals surface area contributed by atoms with Gasteiger partial charge in [-0.15, -0.1) is 0 Å². The van der Waals surface area contributed by atoms with E-state index in [4.69, 9.17) is 11.6 Å². The fraction of sp³-hybridized carbons (Fsp3) is 0.389. The van der Waals surface area contributed by atoms with Gasteiger partial charge in [0.1, 0.15) is 17.8 Å². The Hall–Kier alpha value is -2.35. The number of hydrogen-bond acceptors (Lipinski definition) is 4. The van der Waals surface area contributed by atoms with Crippen LogP contribution in [0.2, 0.25) is 5.02 Å². The second-order valence-electron chi connectivity index (χ2n) is 6.31. The predicted molar refractivity (Wildman–Crippen MR) is 97.1 cm³/mol. The van der Waals surface area contributed by atoms with Crippen molar-refractivity contribution in [3.05, 3.63) is 46.9 Å². The normalized spacial score (nSPS) is 15.3. The molecule has 1 aromatic heterocycles. The molecule has 1 aromatic carbocycles. The van der Waals surface area contributed by atoms with E-state index >= 15 is 0 Å². The van der Waals surface area contributed by atoms with Crippen LogP contribution in [0.25, 0.3) is 0 Å². The Kier molecular flexibility index (Phi) is 5.84. The van der Waals surface area contributed by atoms with E-state index in [1.54, 1.807) is 6.07 Å². The van der Waals surface area contributed by atoms with Crippen LogP contribution in [-0.4, -0.2) is 29.0 Å². The summed E-state index contributed by atoms with van der Waals surface area (Å²) in [6, 6.07) is 4.31. The van der Waals surface area contributed by atoms with Crippen molar-refractivity contribution in [1.29, 1.82) is 0 Å². The molecule has 0 radical (unpaired) electrons. The molecule has 1 fully saturated rings. The molecule has 1 amide bonds. The lowest BCUT2D eigenvalue weighted by molar-refractivity contribution is -0.137. The molecule has 0 unspecified atom stereocenters. The average Bonchev–Trinajstić information content (AvgIpc) is 2.92. The van der Waals surface area contributed by atoms with E-state index in [-0.39, 0.29) is 16.4 Å². The van der Waals surface area contributed by atoms with Crippen molar-refractivity contribution in [3.8, 4) is 0 Å². The van der Waals surface area contributed by atoms with Crippen LogP contribution in [0, 0.1) is 0 Å². The molecule has 1 aliphatic rings. The van der Waals surface area contributed by atoms with Crippen molar-refractivity contribution in [2.24, 2.45) is 0 Å². The van der Waals surface area contributed by atoms with Gasteiger partial charge in [-0.1, -0.05) is 24.4 Å². The Bertz CT molecular complexity index is 820. The number of anilines is 2. The van der Waals surface area contributed by atoms with Gasteiger partial charge in [0.25, 0.3) is 5.91 Å². The topological polar surface area (TPSA) is 58.1 Å². The summed E-state index contributed by atoms with van der Waals surface area (Å²) in [6.07, 6.45) is 1.16. The van der Waals surface area contributed by atoms with Gasteiger partial charge in [0.05, 0.1) is 16.3 Å². The molecule has 2 aromatic rings. The van der Waals surface area contributed by atoms with E-state index in [1.165, 1.54) is 6.33 Å². The summed E-state index contributed by atoms with van der Waals surface area (Å²) in [4.78, 5) is 22.7. The maximum absolute atomic E-state index is 12.9. The molecule has 27 heavy (non-hydrogen) atoms. The molecule has 0 aliphatic carbocycles. The summed E-state index contributed by atoms with van der Waals surface area (Å²) >= 11 is 5.93. The van der Waals surface area contributed by atoms with Gasteiger partial charge in [0.15, 0.2) is 0 Å². The molecule has 0 atom stereocenters. The van der Waals surface area contributed by atoms with Crippen LogP contribution in [0.1, 0.15) is 41.7 Å². The molecule has 1 aliphatic heterocycles. The van der Waals surface area contributed by atoms with Crippen LogP contribution in [-0.2, 0) is 6.18 Å². The molecule has 1 N–H and O–H groups in total. The molecule has 1 saturated heterocycles. The smallest absolute Gasteiger partial charge is 0.357 e. The largest absolute Gasteiger partial charge is 0.416 e. The monoisotopic (exact) mass is 398 g/mol. The molecular weight excluding hydrogens is 381 g/mol. The molecule has 5 nitrogen and oxygen atoms in total. The van der Waals surface area contributed by atoms with Gasteiger partial charge in [0, 0.05) is 19.2 Å². The molecule has 0 bridgehead atoms. The lowest BCUT2D eigenvalue weighted by atomic mass is 10.2. The molecule has 144 valence electrons. The van der Waals surface area contributed by atoms with E-state index in [9.17, 15) is 18.0 Å². The number of nitrogens with zero attached hydrogens (tertiary/aromatic N) is 3. The lowest BCUT2D eigenvalue weighted by Crippen LogP contribution is -2.25. The first-order chi connectivity index (χ1) is 12.8. The zero-order valence-electron chi connectivity index (χ0n) is 14.4. The van der Waals surface area contributed by atoms with Gasteiger partial charge < -0.3 is 10.2 Å². The van der Waals surface area contributed by atoms with E-state index < -0.39 is 17.6 Å². The number of hydrogen-bond donors (Lipinski definition) is 1. The van der Waals surface area contributed by atoms with Crippen LogP contribution in [0.15, 0.2) is 30.6 Å². The second-order valence-corrected chi connectivity index (χ2v) is 6.72. The number of carbonyl (C=O) groups is 1. The molecule has 3 rings (SSSR count). The fourth-order valence-electron chi connectivity index (χ4n) is 2.93. The summed E-state index contributed by atoms with van der Waals surface area (Å²) in [7, 11) is 0. The van der Waals surface area contributed by atoms with Crippen LogP contribution in [0.3, 0.4) is 0 Å². The predicted octanol–water partition coefficient (Wildman–Crippen LogP) is 4.78. The van der Waals surface area contributed by atoms with Crippen molar-refractivity contribution >= 4 is 29.0 Å². The van der Waals surface area contributed by atoms with Crippen LogP contribution in [0.4, 0.5) is 24.7 Å². The number of halogens is 4. The van der Waals surface area contributed by atoms with E-state index in [1.807, 2.05) is 0 Å². The zero-order chi connectivity index (χ0) is 19.4. The van der Waals surface area contributed by atoms with Gasteiger partial charge in [-0.3, -0.25) is 4.79 Å². The summed E-state index contributed by atoms with van der Waals surface area (Å²) in [5.41, 5.74) is -0.945. The van der Waals surface area contributed by atoms with Crippen molar-refractivity contribution in [2.75, 3.05) is 23.3 Å². The number of carbonyl (C=O) groups excluding carboxylic acids is 1. The maximum Gasteiger partial charge on any atom is 0.416 e. The van der Waals surface area contributed by atoms with Crippen molar-refractivity contribution in [3.63, 3.8) is 0 Å². The van der Waals surface area contributed by atoms with Gasteiger partial charge in [0.2, 0.25) is 0 Å². The van der Waals surface area contributed by atoms with Gasteiger partial charge in [-0.25, -0.2) is 9.97 Å². The quantitative estimate of drug-likeness (QED) is 0.808. The Morgan fingerprint density at radius 1 is 1.07 bits per heavy atom. The fourth-order valence-corrected chi connectivity index (χ4v) is 3.09. The minimum atomic E-state index is -4.53. The highest BCUT2D eigenvalue weighted by Crippen LogP contribution is 2.34. The first kappa shape index (κ1) is 19.4. The van der Waals surface area contributed by atoms with E-state index in [2.05, 4.69) is 20.2 Å². The first-order valence-electron chi connectivity index (χ1n) is 8.60. The molecule has 0 spiro atoms. The standard InChI is InChI=1S/C18H18ClF3N4O/c19-13-6-5-12(18(20,21)22)9-14(13)25-17(27)15-10-16(24-11-23-15)26-7-3-1-2-4-8-26/h5-6,9-11H,1-4,7-8H2,(H,25,27). The van der Waals surface area contributed by atoms with Gasteiger partial charge in [-0.05, 0) is 31.0 Å². The zero-order valence-corrected chi connectivity index (χ0v) is 15.1. The molecule has 9 heteroatoms. The Morgan fingerprint density at radius 3 is 2.44 bits per heavy atom. The number of benzene rings is 1. The third-order valence-corrected chi connectivity index (χ3v) is 4.69. The summed E-state index contributed by atoms with van der Waals surface area (Å²) in [5.74, 6) is -0.0121. The van der Waals surface area contributed by atoms with Crippen molar-refractivity contribution in [2.45, 2.75) is 31.9 Å². The second kappa shape index (κ2) is 8.12. The third-order valence-electron chi connectivity index (χ3n) is 4.36. The summed E-state index contributed by atoms with van der Waals surface area (Å²) in [5, 5.41) is 2.41. The number of nitrogens with one attached hydrogen (secondary N) is 1. The first-order valence-corrected chi connectivity index (χ1v) is 8.97. The lowest BCUT2D eigenvalue weighted by Gasteiger charge is -2.21. The number of aromatic nitrogens is 2. The van der Waals surface area contributed by atoms with Crippen molar-refractivity contribution in [1.82, 2.24) is 9.97 Å². The Labute approximate surface area is 159 Å². The van der Waals surface area contributed by atoms with Crippen LogP contribution < -0.4 is 10.2 Å². The third kappa shape index (κ3) is 4.88. The number of amides is 1. The highest BCUT2D eigenvalue weighted by molar-refractivity contribution is 6.33. The van der Waals surface area contributed by atoms with E-state index in [0.29, 0.717) is 5.82 Å². The SMILES string of the molecule is O=C(Nc1cc(C(F)(F)F)ccc1Cl)c1cc(N2CCCCCC2)ncn1. The summed E-state index contributed by atoms with van der Waals surface area (Å²) in [6.45, 7) is 1.69. The highest BCUT2D eigenvalue weighted by Gasteiger charge is 2.31. The average molecular weight is 399 g/mol. The highest BCUT2D eigenvalue weighted by atomic mass is 35.5. The summed E-state index contributed by atoms with van der Waals surface area (Å²) < 4.78 is 38.6. The minimum Gasteiger partial charge on any atom is -0.357 e. The van der Waals surface area contributed by atoms with Crippen LogP contribution in [0.5, 0.6) is 0 Å².